The Kier molecular flexibility index (Phi) is 1.05. The molecule has 0 spiro atoms. The first-order chi connectivity index (χ1) is 2.84. The van der Waals surface area contributed by atoms with Crippen molar-refractivity contribution >= 4 is 11.6 Å². The molecule has 0 radical (unpaired) electrons. The third-order valence-corrected chi connectivity index (χ3v) is 1.87. The Balaban J connectivity index is 2.09. The molecule has 0 aromatic carbocycles. The molecule has 0 heterocycles. The van der Waals surface area contributed by atoms with Crippen molar-refractivity contribution in [2.45, 2.75) is 13.3 Å². The standard InChI is InChI=1S/C5H9Cl/c1-4-2-5(4)3-6/h4-5H,2-3H2,1H3/t4-,5-/m1/s1. The largest absolute Gasteiger partial charge is 0.126 e. The van der Waals surface area contributed by atoms with Gasteiger partial charge in [-0.3, -0.25) is 0 Å². The van der Waals surface area contributed by atoms with E-state index in [9.17, 15) is 0 Å². The molecular weight excluding hydrogens is 95.5 g/mol. The van der Waals surface area contributed by atoms with Crippen LogP contribution in [0.25, 0.3) is 0 Å². The van der Waals surface area contributed by atoms with E-state index in [-0.39, 0.29) is 0 Å². The predicted molar refractivity (Wildman–Crippen MR) is 28.0 cm³/mol. The molecule has 0 aromatic rings. The zero-order valence-electron chi connectivity index (χ0n) is 3.95. The lowest BCUT2D eigenvalue weighted by molar-refractivity contribution is 0.841. The van der Waals surface area contributed by atoms with Crippen molar-refractivity contribution < 1.29 is 0 Å². The van der Waals surface area contributed by atoms with Gasteiger partial charge in [-0.15, -0.1) is 11.6 Å². The lowest BCUT2D eigenvalue weighted by Gasteiger charge is -1.77. The quantitative estimate of drug-likeness (QED) is 0.446. The summed E-state index contributed by atoms with van der Waals surface area (Å²) >= 11 is 5.49. The predicted octanol–water partition coefficient (Wildman–Crippen LogP) is 1.88. The van der Waals surface area contributed by atoms with Crippen molar-refractivity contribution in [3.63, 3.8) is 0 Å². The molecule has 1 saturated carbocycles. The van der Waals surface area contributed by atoms with Gasteiger partial charge in [0.05, 0.1) is 0 Å². The average molecular weight is 105 g/mol. The minimum absolute atomic E-state index is 0.867. The number of hydrogen-bond acceptors (Lipinski definition) is 0. The highest BCUT2D eigenvalue weighted by Gasteiger charge is 2.30. The highest BCUT2D eigenvalue weighted by atomic mass is 35.5. The normalized spacial score (nSPS) is 43.0. The summed E-state index contributed by atoms with van der Waals surface area (Å²) in [5, 5.41) is 0. The van der Waals surface area contributed by atoms with Crippen LogP contribution in [0.15, 0.2) is 0 Å². The highest BCUT2D eigenvalue weighted by Crippen LogP contribution is 2.38. The lowest BCUT2D eigenvalue weighted by atomic mass is 10.4. The smallest absolute Gasteiger partial charge is 0.0254 e. The van der Waals surface area contributed by atoms with Crippen LogP contribution in [0.1, 0.15) is 13.3 Å². The molecule has 0 bridgehead atoms. The van der Waals surface area contributed by atoms with Gasteiger partial charge in [0.15, 0.2) is 0 Å². The molecule has 6 heavy (non-hydrogen) atoms. The van der Waals surface area contributed by atoms with Crippen LogP contribution in [0.5, 0.6) is 0 Å². The van der Waals surface area contributed by atoms with Gasteiger partial charge in [0.25, 0.3) is 0 Å². The second-order valence-electron chi connectivity index (χ2n) is 2.13. The summed E-state index contributed by atoms with van der Waals surface area (Å²) in [6, 6.07) is 0. The Bertz CT molecular complexity index is 49.9. The van der Waals surface area contributed by atoms with Crippen molar-refractivity contribution in [2.75, 3.05) is 5.88 Å². The summed E-state index contributed by atoms with van der Waals surface area (Å²) in [4.78, 5) is 0. The first kappa shape index (κ1) is 4.45. The lowest BCUT2D eigenvalue weighted by Crippen LogP contribution is -1.74. The molecule has 0 unspecified atom stereocenters. The SMILES string of the molecule is C[C@@H]1C[C@@H]1CCl. The highest BCUT2D eigenvalue weighted by molar-refractivity contribution is 6.18. The van der Waals surface area contributed by atoms with Crippen molar-refractivity contribution in [3.8, 4) is 0 Å². The molecule has 1 fully saturated rings. The van der Waals surface area contributed by atoms with Crippen LogP contribution in [0, 0.1) is 11.8 Å². The fraction of sp³-hybridized carbons (Fsp3) is 1.00. The van der Waals surface area contributed by atoms with E-state index in [1.807, 2.05) is 0 Å². The summed E-state index contributed by atoms with van der Waals surface area (Å²) < 4.78 is 0. The van der Waals surface area contributed by atoms with E-state index in [4.69, 9.17) is 11.6 Å². The van der Waals surface area contributed by atoms with Gasteiger partial charge >= 0.3 is 0 Å². The molecular formula is C5H9Cl. The van der Waals surface area contributed by atoms with Crippen molar-refractivity contribution in [2.24, 2.45) is 11.8 Å². The van der Waals surface area contributed by atoms with Crippen LogP contribution in [0.2, 0.25) is 0 Å². The van der Waals surface area contributed by atoms with Crippen molar-refractivity contribution in [3.05, 3.63) is 0 Å². The summed E-state index contributed by atoms with van der Waals surface area (Å²) in [5.74, 6) is 2.68. The summed E-state index contributed by atoms with van der Waals surface area (Å²) in [7, 11) is 0. The van der Waals surface area contributed by atoms with Gasteiger partial charge in [0.2, 0.25) is 0 Å². The van der Waals surface area contributed by atoms with E-state index in [0.29, 0.717) is 0 Å². The molecule has 36 valence electrons. The van der Waals surface area contributed by atoms with Gasteiger partial charge in [-0.2, -0.15) is 0 Å². The molecule has 2 atom stereocenters. The number of halogens is 1. The van der Waals surface area contributed by atoms with Gasteiger partial charge in [0, 0.05) is 5.88 Å². The molecule has 1 heteroatoms. The summed E-state index contributed by atoms with van der Waals surface area (Å²) in [6.07, 6.45) is 1.36. The molecule has 1 aliphatic carbocycles. The van der Waals surface area contributed by atoms with E-state index in [1.54, 1.807) is 0 Å². The Hall–Kier alpha value is 0.290. The fourth-order valence-electron chi connectivity index (χ4n) is 0.614. The van der Waals surface area contributed by atoms with Crippen LogP contribution in [0.3, 0.4) is 0 Å². The second-order valence-corrected chi connectivity index (χ2v) is 2.44. The second kappa shape index (κ2) is 1.42. The molecule has 0 nitrogen and oxygen atoms in total. The number of alkyl halides is 1. The van der Waals surface area contributed by atoms with Crippen LogP contribution in [-0.2, 0) is 0 Å². The maximum Gasteiger partial charge on any atom is 0.0254 e. The number of rotatable bonds is 1. The molecule has 0 aromatic heterocycles. The summed E-state index contributed by atoms with van der Waals surface area (Å²) in [5.41, 5.74) is 0. The fourth-order valence-corrected chi connectivity index (χ4v) is 1.04. The van der Waals surface area contributed by atoms with Crippen molar-refractivity contribution in [1.82, 2.24) is 0 Å². The average Bonchev–Trinajstić information content (AvgIpc) is 2.19. The molecule has 0 N–H and O–H groups in total. The van der Waals surface area contributed by atoms with E-state index in [1.165, 1.54) is 6.42 Å². The summed E-state index contributed by atoms with van der Waals surface area (Å²) in [6.45, 7) is 2.24. The molecule has 1 rings (SSSR count). The van der Waals surface area contributed by atoms with Crippen molar-refractivity contribution in [1.29, 1.82) is 0 Å². The zero-order chi connectivity index (χ0) is 4.57. The van der Waals surface area contributed by atoms with Crippen LogP contribution in [0.4, 0.5) is 0 Å². The zero-order valence-corrected chi connectivity index (χ0v) is 4.70. The Labute approximate surface area is 43.5 Å². The monoisotopic (exact) mass is 104 g/mol. The Morgan fingerprint density at radius 3 is 2.33 bits per heavy atom. The third kappa shape index (κ3) is 0.676. The van der Waals surface area contributed by atoms with Gasteiger partial charge in [0.1, 0.15) is 0 Å². The van der Waals surface area contributed by atoms with E-state index in [0.717, 1.165) is 17.7 Å². The van der Waals surface area contributed by atoms with Gasteiger partial charge in [-0.25, -0.2) is 0 Å². The minimum Gasteiger partial charge on any atom is -0.126 e. The first-order valence-corrected chi connectivity index (χ1v) is 2.94. The maximum absolute atomic E-state index is 5.49. The Morgan fingerprint density at radius 1 is 1.83 bits per heavy atom. The molecule has 1 aliphatic rings. The first-order valence-electron chi connectivity index (χ1n) is 2.40. The van der Waals surface area contributed by atoms with Crippen LogP contribution >= 0.6 is 11.6 Å². The Morgan fingerprint density at radius 2 is 2.33 bits per heavy atom. The molecule has 0 saturated heterocycles. The van der Waals surface area contributed by atoms with Crippen LogP contribution in [-0.4, -0.2) is 5.88 Å². The van der Waals surface area contributed by atoms with Gasteiger partial charge < -0.3 is 0 Å². The topological polar surface area (TPSA) is 0 Å². The van der Waals surface area contributed by atoms with Crippen LogP contribution < -0.4 is 0 Å². The number of hydrogen-bond donors (Lipinski definition) is 0. The molecule has 0 amide bonds. The van der Waals surface area contributed by atoms with Gasteiger partial charge in [-0.05, 0) is 18.3 Å². The third-order valence-electron chi connectivity index (χ3n) is 1.47. The van der Waals surface area contributed by atoms with E-state index >= 15 is 0 Å². The minimum atomic E-state index is 0.867. The molecule has 0 aliphatic heterocycles. The maximum atomic E-state index is 5.49. The van der Waals surface area contributed by atoms with E-state index < -0.39 is 0 Å². The van der Waals surface area contributed by atoms with E-state index in [2.05, 4.69) is 6.92 Å². The van der Waals surface area contributed by atoms with Gasteiger partial charge in [-0.1, -0.05) is 6.92 Å².